The van der Waals surface area contributed by atoms with Crippen LogP contribution in [0.2, 0.25) is 0 Å². The predicted molar refractivity (Wildman–Crippen MR) is 109 cm³/mol. The third-order valence-electron chi connectivity index (χ3n) is 5.28. The molecule has 1 heterocycles. The van der Waals surface area contributed by atoms with Gasteiger partial charge in [-0.2, -0.15) is 13.2 Å². The summed E-state index contributed by atoms with van der Waals surface area (Å²) in [5, 5.41) is 0.819. The molecule has 0 bridgehead atoms. The van der Waals surface area contributed by atoms with Gasteiger partial charge in [0.15, 0.2) is 5.78 Å². The van der Waals surface area contributed by atoms with Crippen molar-refractivity contribution >= 4 is 16.7 Å². The van der Waals surface area contributed by atoms with Crippen molar-refractivity contribution in [3.05, 3.63) is 59.8 Å². The molecule has 0 atom stereocenters. The highest BCUT2D eigenvalue weighted by Crippen LogP contribution is 2.40. The third kappa shape index (κ3) is 3.96. The number of hydrogen-bond donors (Lipinski definition) is 0. The molecule has 0 aliphatic heterocycles. The fourth-order valence-corrected chi connectivity index (χ4v) is 3.85. The lowest BCUT2D eigenvalue weighted by atomic mass is 9.96. The van der Waals surface area contributed by atoms with Crippen molar-refractivity contribution < 1.29 is 18.0 Å². The van der Waals surface area contributed by atoms with Crippen LogP contribution in [0.5, 0.6) is 0 Å². The summed E-state index contributed by atoms with van der Waals surface area (Å²) in [6.45, 7) is 6.98. The minimum Gasteiger partial charge on any atom is -0.346 e. The smallest absolute Gasteiger partial charge is 0.346 e. The number of rotatable bonds is 4. The number of carbonyl (C=O) groups is 1. The molecule has 2 aromatic carbocycles. The van der Waals surface area contributed by atoms with Crippen LogP contribution in [-0.4, -0.2) is 10.4 Å². The van der Waals surface area contributed by atoms with E-state index in [1.807, 2.05) is 10.8 Å². The van der Waals surface area contributed by atoms with E-state index < -0.39 is 11.7 Å². The van der Waals surface area contributed by atoms with E-state index in [1.54, 1.807) is 24.3 Å². The van der Waals surface area contributed by atoms with Gasteiger partial charge in [0.05, 0.1) is 5.56 Å². The Morgan fingerprint density at radius 3 is 2.38 bits per heavy atom. The topological polar surface area (TPSA) is 22.0 Å². The van der Waals surface area contributed by atoms with E-state index in [-0.39, 0.29) is 22.7 Å². The predicted octanol–water partition coefficient (Wildman–Crippen LogP) is 6.97. The van der Waals surface area contributed by atoms with Gasteiger partial charge in [-0.15, -0.1) is 0 Å². The van der Waals surface area contributed by atoms with Crippen LogP contribution in [0.3, 0.4) is 0 Å². The second-order valence-corrected chi connectivity index (χ2v) is 9.15. The molecule has 0 N–H and O–H groups in total. The summed E-state index contributed by atoms with van der Waals surface area (Å²) in [4.78, 5) is 12.8. The Hall–Kier alpha value is -2.56. The summed E-state index contributed by atoms with van der Waals surface area (Å²) >= 11 is 0. The standard InChI is InChI=1S/C24H24F3NO/c1-23(2,3)14-28-13-19(22(29)15-8-9-15)18-11-10-16(12-21(18)28)17-6-4-5-7-20(17)24(25,26)27/h4-7,10-13,15H,8-9,14H2,1-3H3. The van der Waals surface area contributed by atoms with E-state index in [4.69, 9.17) is 0 Å². The number of halogens is 3. The maximum absolute atomic E-state index is 13.5. The van der Waals surface area contributed by atoms with E-state index >= 15 is 0 Å². The van der Waals surface area contributed by atoms with Crippen molar-refractivity contribution in [2.45, 2.75) is 46.3 Å². The van der Waals surface area contributed by atoms with E-state index in [0.29, 0.717) is 17.7 Å². The van der Waals surface area contributed by atoms with E-state index in [1.165, 1.54) is 12.1 Å². The van der Waals surface area contributed by atoms with Crippen molar-refractivity contribution in [2.24, 2.45) is 11.3 Å². The molecule has 2 nitrogen and oxygen atoms in total. The molecule has 1 aliphatic rings. The van der Waals surface area contributed by atoms with Crippen LogP contribution in [0, 0.1) is 11.3 Å². The summed E-state index contributed by atoms with van der Waals surface area (Å²) < 4.78 is 42.5. The first kappa shape index (κ1) is 19.7. The van der Waals surface area contributed by atoms with E-state index in [2.05, 4.69) is 20.8 Å². The third-order valence-corrected chi connectivity index (χ3v) is 5.28. The Morgan fingerprint density at radius 1 is 1.07 bits per heavy atom. The van der Waals surface area contributed by atoms with Crippen molar-refractivity contribution in [1.29, 1.82) is 0 Å². The molecule has 29 heavy (non-hydrogen) atoms. The molecule has 0 saturated heterocycles. The lowest BCUT2D eigenvalue weighted by Gasteiger charge is -2.20. The molecule has 0 spiro atoms. The van der Waals surface area contributed by atoms with Crippen LogP contribution < -0.4 is 0 Å². The van der Waals surface area contributed by atoms with Gasteiger partial charge in [0.1, 0.15) is 0 Å². The second-order valence-electron chi connectivity index (χ2n) is 9.15. The van der Waals surface area contributed by atoms with Gasteiger partial charge < -0.3 is 4.57 Å². The molecule has 1 aliphatic carbocycles. The van der Waals surface area contributed by atoms with Gasteiger partial charge in [0, 0.05) is 35.1 Å². The zero-order valence-corrected chi connectivity index (χ0v) is 16.8. The minimum absolute atomic E-state index is 0.0360. The zero-order chi connectivity index (χ0) is 21.0. The molecule has 0 unspecified atom stereocenters. The summed E-state index contributed by atoms with van der Waals surface area (Å²) in [6, 6.07) is 10.9. The van der Waals surface area contributed by atoms with E-state index in [0.717, 1.165) is 29.8 Å². The average molecular weight is 399 g/mol. The largest absolute Gasteiger partial charge is 0.417 e. The van der Waals surface area contributed by atoms with Crippen LogP contribution in [0.25, 0.3) is 22.0 Å². The monoisotopic (exact) mass is 399 g/mol. The first-order valence-corrected chi connectivity index (χ1v) is 9.88. The summed E-state index contributed by atoms with van der Waals surface area (Å²) in [5.41, 5.74) is 1.46. The molecular formula is C24H24F3NO. The van der Waals surface area contributed by atoms with Gasteiger partial charge in [-0.25, -0.2) is 0 Å². The lowest BCUT2D eigenvalue weighted by Crippen LogP contribution is -2.14. The highest BCUT2D eigenvalue weighted by Gasteiger charge is 2.34. The normalized spacial score (nSPS) is 15.1. The molecule has 0 amide bonds. The maximum Gasteiger partial charge on any atom is 0.417 e. The Balaban J connectivity index is 1.89. The van der Waals surface area contributed by atoms with Gasteiger partial charge >= 0.3 is 6.18 Å². The van der Waals surface area contributed by atoms with Crippen LogP contribution in [0.1, 0.15) is 49.5 Å². The molecule has 1 fully saturated rings. The Bertz CT molecular complexity index is 1080. The minimum atomic E-state index is -4.42. The Morgan fingerprint density at radius 2 is 1.76 bits per heavy atom. The van der Waals surface area contributed by atoms with Crippen LogP contribution >= 0.6 is 0 Å². The molecule has 1 saturated carbocycles. The first-order valence-electron chi connectivity index (χ1n) is 9.88. The van der Waals surface area contributed by atoms with Crippen molar-refractivity contribution in [1.82, 2.24) is 4.57 Å². The molecule has 3 aromatic rings. The summed E-state index contributed by atoms with van der Waals surface area (Å²) in [5.74, 6) is 0.236. The zero-order valence-electron chi connectivity index (χ0n) is 16.8. The number of nitrogens with zero attached hydrogens (tertiary/aromatic N) is 1. The SMILES string of the molecule is CC(C)(C)Cn1cc(C(=O)C2CC2)c2ccc(-c3ccccc3C(F)(F)F)cc21. The highest BCUT2D eigenvalue weighted by molar-refractivity contribution is 6.10. The number of alkyl halides is 3. The molecule has 1 aromatic heterocycles. The number of ketones is 1. The lowest BCUT2D eigenvalue weighted by molar-refractivity contribution is -0.137. The fourth-order valence-electron chi connectivity index (χ4n) is 3.85. The number of aromatic nitrogens is 1. The van der Waals surface area contributed by atoms with Crippen molar-refractivity contribution in [3.63, 3.8) is 0 Å². The van der Waals surface area contributed by atoms with Gasteiger partial charge in [-0.1, -0.05) is 51.1 Å². The molecule has 4 rings (SSSR count). The summed E-state index contributed by atoms with van der Waals surface area (Å²) in [7, 11) is 0. The number of hydrogen-bond acceptors (Lipinski definition) is 1. The number of benzene rings is 2. The van der Waals surface area contributed by atoms with Gasteiger partial charge in [0.2, 0.25) is 0 Å². The molecular weight excluding hydrogens is 375 g/mol. The maximum atomic E-state index is 13.5. The molecule has 152 valence electrons. The Labute approximate surface area is 168 Å². The number of fused-ring (bicyclic) bond motifs is 1. The fraction of sp³-hybridized carbons (Fsp3) is 0.375. The van der Waals surface area contributed by atoms with Crippen molar-refractivity contribution in [2.75, 3.05) is 0 Å². The Kier molecular flexibility index (Phi) is 4.60. The van der Waals surface area contributed by atoms with Crippen LogP contribution in [-0.2, 0) is 12.7 Å². The first-order chi connectivity index (χ1) is 13.5. The quantitative estimate of drug-likeness (QED) is 0.434. The molecule has 5 heteroatoms. The number of carbonyl (C=O) groups excluding carboxylic acids is 1. The van der Waals surface area contributed by atoms with Gasteiger partial charge in [-0.05, 0) is 41.5 Å². The van der Waals surface area contributed by atoms with Crippen LogP contribution in [0.4, 0.5) is 13.2 Å². The average Bonchev–Trinajstić information content (AvgIpc) is 3.43. The number of Topliss-reactive ketones (excluding diaryl/α,β-unsaturated/α-hetero) is 1. The van der Waals surface area contributed by atoms with Gasteiger partial charge in [0.25, 0.3) is 0 Å². The van der Waals surface area contributed by atoms with Gasteiger partial charge in [-0.3, -0.25) is 4.79 Å². The summed E-state index contributed by atoms with van der Waals surface area (Å²) in [6.07, 6.45) is -0.703. The molecule has 0 radical (unpaired) electrons. The van der Waals surface area contributed by atoms with E-state index in [9.17, 15) is 18.0 Å². The second kappa shape index (κ2) is 6.75. The van der Waals surface area contributed by atoms with Crippen molar-refractivity contribution in [3.8, 4) is 11.1 Å². The highest BCUT2D eigenvalue weighted by atomic mass is 19.4. The van der Waals surface area contributed by atoms with Crippen LogP contribution in [0.15, 0.2) is 48.7 Å².